The molecule has 1 aromatic carbocycles. The Kier molecular flexibility index (Phi) is 4.53. The van der Waals surface area contributed by atoms with Gasteiger partial charge in [0, 0.05) is 19.6 Å². The number of aromatic nitrogens is 3. The minimum Gasteiger partial charge on any atom is -0.394 e. The smallest absolute Gasteiger partial charge is 0.253 e. The molecule has 0 radical (unpaired) electrons. The topological polar surface area (TPSA) is 92.5 Å². The number of amides is 1. The highest BCUT2D eigenvalue weighted by Gasteiger charge is 2.40. The second-order valence-electron chi connectivity index (χ2n) is 6.43. The fourth-order valence-corrected chi connectivity index (χ4v) is 3.07. The first-order valence-electron chi connectivity index (χ1n) is 7.96. The average Bonchev–Trinajstić information content (AvgIpc) is 2.97. The molecule has 1 amide bonds. The molecular formula is C16H23N5O3. The average molecular weight is 333 g/mol. The van der Waals surface area contributed by atoms with Crippen molar-refractivity contribution in [1.29, 1.82) is 0 Å². The molecule has 8 nitrogen and oxygen atoms in total. The van der Waals surface area contributed by atoms with Gasteiger partial charge >= 0.3 is 0 Å². The van der Waals surface area contributed by atoms with Gasteiger partial charge in [-0.2, -0.15) is 0 Å². The summed E-state index contributed by atoms with van der Waals surface area (Å²) in [7, 11) is 3.73. The molecule has 1 aliphatic rings. The van der Waals surface area contributed by atoms with Crippen LogP contribution in [0.1, 0.15) is 17.3 Å². The second kappa shape index (κ2) is 6.46. The lowest BCUT2D eigenvalue weighted by Gasteiger charge is -2.47. The van der Waals surface area contributed by atoms with Gasteiger partial charge in [-0.3, -0.25) is 9.69 Å². The van der Waals surface area contributed by atoms with Gasteiger partial charge < -0.3 is 15.2 Å². The minimum atomic E-state index is -0.621. The van der Waals surface area contributed by atoms with Crippen LogP contribution in [0.2, 0.25) is 0 Å². The molecule has 0 bridgehead atoms. The molecule has 0 unspecified atom stereocenters. The van der Waals surface area contributed by atoms with Crippen LogP contribution in [0.25, 0.3) is 11.0 Å². The number of nitrogens with zero attached hydrogens (tertiary/aromatic N) is 4. The first-order chi connectivity index (χ1) is 11.5. The summed E-state index contributed by atoms with van der Waals surface area (Å²) < 4.78 is 7.22. The highest BCUT2D eigenvalue weighted by Crippen LogP contribution is 2.22. The van der Waals surface area contributed by atoms with E-state index in [1.807, 2.05) is 20.0 Å². The van der Waals surface area contributed by atoms with E-state index in [0.717, 1.165) is 5.52 Å². The molecule has 8 heteroatoms. The molecule has 1 saturated heterocycles. The van der Waals surface area contributed by atoms with Crippen LogP contribution in [0.3, 0.4) is 0 Å². The Labute approximate surface area is 140 Å². The lowest BCUT2D eigenvalue weighted by atomic mass is 9.96. The number of carbonyl (C=O) groups is 1. The number of morpholine rings is 1. The van der Waals surface area contributed by atoms with Crippen molar-refractivity contribution >= 4 is 16.9 Å². The molecule has 2 atom stereocenters. The van der Waals surface area contributed by atoms with Crippen LogP contribution >= 0.6 is 0 Å². The predicted octanol–water partition coefficient (Wildman–Crippen LogP) is -0.220. The Morgan fingerprint density at radius 3 is 3.04 bits per heavy atom. The first-order valence-corrected chi connectivity index (χ1v) is 7.96. The van der Waals surface area contributed by atoms with E-state index in [9.17, 15) is 9.90 Å². The van der Waals surface area contributed by atoms with Crippen molar-refractivity contribution in [3.05, 3.63) is 23.8 Å². The maximum absolute atomic E-state index is 12.6. The number of hydrogen-bond acceptors (Lipinski definition) is 6. The molecule has 1 aromatic heterocycles. The minimum absolute atomic E-state index is 0.0938. The van der Waals surface area contributed by atoms with Crippen LogP contribution in [-0.4, -0.2) is 75.9 Å². The van der Waals surface area contributed by atoms with Crippen molar-refractivity contribution in [2.45, 2.75) is 18.5 Å². The summed E-state index contributed by atoms with van der Waals surface area (Å²) in [5, 5.41) is 20.8. The van der Waals surface area contributed by atoms with Gasteiger partial charge in [-0.1, -0.05) is 11.3 Å². The SMILES string of the molecule is C[C@@H]1COC[C@@](CO)(CNC(=O)c2cccc3c2nnn3C)N1C. The van der Waals surface area contributed by atoms with Crippen LogP contribution in [0.4, 0.5) is 0 Å². The number of carbonyl (C=O) groups excluding carboxylic acids is 1. The van der Waals surface area contributed by atoms with Gasteiger partial charge in [-0.25, -0.2) is 4.68 Å². The summed E-state index contributed by atoms with van der Waals surface area (Å²) in [6.45, 7) is 3.22. The van der Waals surface area contributed by atoms with Crippen LogP contribution in [0, 0.1) is 0 Å². The molecule has 1 fully saturated rings. The number of rotatable bonds is 4. The van der Waals surface area contributed by atoms with Gasteiger partial charge in [0.2, 0.25) is 0 Å². The molecule has 130 valence electrons. The zero-order valence-corrected chi connectivity index (χ0v) is 14.2. The molecule has 1 aliphatic heterocycles. The van der Waals surface area contributed by atoms with E-state index in [4.69, 9.17) is 4.74 Å². The fourth-order valence-electron chi connectivity index (χ4n) is 3.07. The van der Waals surface area contributed by atoms with Gasteiger partial charge in [-0.15, -0.1) is 5.10 Å². The highest BCUT2D eigenvalue weighted by atomic mass is 16.5. The number of likely N-dealkylation sites (N-methyl/N-ethyl adjacent to an activating group) is 1. The van der Waals surface area contributed by atoms with Crippen LogP contribution < -0.4 is 5.32 Å². The predicted molar refractivity (Wildman–Crippen MR) is 88.7 cm³/mol. The Bertz CT molecular complexity index is 746. The molecule has 0 saturated carbocycles. The number of aliphatic hydroxyl groups excluding tert-OH is 1. The maximum Gasteiger partial charge on any atom is 0.253 e. The molecule has 0 aliphatic carbocycles. The number of aryl methyl sites for hydroxylation is 1. The van der Waals surface area contributed by atoms with Gasteiger partial charge in [0.05, 0.1) is 36.4 Å². The zero-order valence-electron chi connectivity index (χ0n) is 14.2. The third-order valence-corrected chi connectivity index (χ3v) is 4.90. The van der Waals surface area contributed by atoms with Gasteiger partial charge in [0.1, 0.15) is 5.52 Å². The first kappa shape index (κ1) is 16.8. The normalized spacial score (nSPS) is 25.1. The molecule has 24 heavy (non-hydrogen) atoms. The lowest BCUT2D eigenvalue weighted by molar-refractivity contribution is -0.105. The van der Waals surface area contributed by atoms with Crippen molar-refractivity contribution in [2.24, 2.45) is 7.05 Å². The van der Waals surface area contributed by atoms with Crippen molar-refractivity contribution in [2.75, 3.05) is 33.4 Å². The Balaban J connectivity index is 1.79. The quantitative estimate of drug-likeness (QED) is 0.804. The number of hydrogen-bond donors (Lipinski definition) is 2. The van der Waals surface area contributed by atoms with Crippen molar-refractivity contribution in [3.63, 3.8) is 0 Å². The van der Waals surface area contributed by atoms with Crippen molar-refractivity contribution in [1.82, 2.24) is 25.2 Å². The lowest BCUT2D eigenvalue weighted by Crippen LogP contribution is -2.65. The maximum atomic E-state index is 12.6. The van der Waals surface area contributed by atoms with Gasteiger partial charge in [0.15, 0.2) is 0 Å². The fraction of sp³-hybridized carbons (Fsp3) is 0.562. The van der Waals surface area contributed by atoms with Crippen LogP contribution in [0.15, 0.2) is 18.2 Å². The number of aliphatic hydroxyl groups is 1. The Hall–Kier alpha value is -2.03. The Morgan fingerprint density at radius 2 is 2.29 bits per heavy atom. The van der Waals surface area contributed by atoms with E-state index < -0.39 is 5.54 Å². The summed E-state index contributed by atoms with van der Waals surface area (Å²) in [6.07, 6.45) is 0. The van der Waals surface area contributed by atoms with E-state index >= 15 is 0 Å². The van der Waals surface area contributed by atoms with Crippen LogP contribution in [0.5, 0.6) is 0 Å². The highest BCUT2D eigenvalue weighted by molar-refractivity contribution is 6.04. The van der Waals surface area contributed by atoms with E-state index in [-0.39, 0.29) is 18.6 Å². The second-order valence-corrected chi connectivity index (χ2v) is 6.43. The number of benzene rings is 1. The number of fused-ring (bicyclic) bond motifs is 1. The molecular weight excluding hydrogens is 310 g/mol. The van der Waals surface area contributed by atoms with Crippen molar-refractivity contribution < 1.29 is 14.6 Å². The Morgan fingerprint density at radius 1 is 1.50 bits per heavy atom. The summed E-state index contributed by atoms with van der Waals surface area (Å²) in [6, 6.07) is 5.57. The molecule has 3 rings (SSSR count). The summed E-state index contributed by atoms with van der Waals surface area (Å²) in [5.41, 5.74) is 1.22. The third kappa shape index (κ3) is 2.77. The third-order valence-electron chi connectivity index (χ3n) is 4.90. The largest absolute Gasteiger partial charge is 0.394 e. The van der Waals surface area contributed by atoms with Crippen LogP contribution in [-0.2, 0) is 11.8 Å². The van der Waals surface area contributed by atoms with Crippen molar-refractivity contribution in [3.8, 4) is 0 Å². The van der Waals surface area contributed by atoms with Gasteiger partial charge in [-0.05, 0) is 26.1 Å². The van der Waals surface area contributed by atoms with E-state index in [2.05, 4.69) is 20.5 Å². The monoisotopic (exact) mass is 333 g/mol. The standard InChI is InChI=1S/C16H23N5O3/c1-11-7-24-10-16(9-22,20(11)2)8-17-15(23)12-5-4-6-13-14(12)18-19-21(13)3/h4-6,11,22H,7-10H2,1-3H3,(H,17,23)/t11-,16+/m1/s1. The molecule has 2 heterocycles. The van der Waals surface area contributed by atoms with E-state index in [1.54, 1.807) is 23.9 Å². The summed E-state index contributed by atoms with van der Waals surface area (Å²) in [4.78, 5) is 14.7. The zero-order chi connectivity index (χ0) is 17.3. The molecule has 0 spiro atoms. The number of nitrogens with one attached hydrogen (secondary N) is 1. The summed E-state index contributed by atoms with van der Waals surface area (Å²) in [5.74, 6) is -0.236. The van der Waals surface area contributed by atoms with E-state index in [0.29, 0.717) is 30.8 Å². The van der Waals surface area contributed by atoms with Gasteiger partial charge in [0.25, 0.3) is 5.91 Å². The molecule has 2 aromatic rings. The number of ether oxygens (including phenoxy) is 1. The molecule has 2 N–H and O–H groups in total. The van der Waals surface area contributed by atoms with E-state index in [1.165, 1.54) is 0 Å². The summed E-state index contributed by atoms with van der Waals surface area (Å²) >= 11 is 0.